The lowest BCUT2D eigenvalue weighted by Crippen LogP contribution is -2.24. The summed E-state index contributed by atoms with van der Waals surface area (Å²) in [6.07, 6.45) is 0.719. The molecule has 0 aliphatic heterocycles. The molecule has 0 saturated carbocycles. The highest BCUT2D eigenvalue weighted by Crippen LogP contribution is 2.28. The fourth-order valence-electron chi connectivity index (χ4n) is 4.18. The van der Waals surface area contributed by atoms with E-state index < -0.39 is 0 Å². The number of nitrogens with zero attached hydrogens (tertiary/aromatic N) is 3. The quantitative estimate of drug-likeness (QED) is 0.365. The number of aromatic nitrogens is 3. The number of carbonyl (C=O) groups excluding carboxylic acids is 1. The summed E-state index contributed by atoms with van der Waals surface area (Å²) >= 11 is 0. The lowest BCUT2D eigenvalue weighted by molar-refractivity contribution is 0.0953. The molecule has 0 saturated heterocycles. The van der Waals surface area contributed by atoms with Crippen molar-refractivity contribution < 1.29 is 9.53 Å². The van der Waals surface area contributed by atoms with E-state index in [-0.39, 0.29) is 5.91 Å². The van der Waals surface area contributed by atoms with E-state index in [1.54, 1.807) is 7.11 Å². The minimum absolute atomic E-state index is 0.263. The Bertz CT molecular complexity index is 1510. The molecule has 7 nitrogen and oxygen atoms in total. The van der Waals surface area contributed by atoms with Crippen LogP contribution in [0.1, 0.15) is 27.0 Å². The number of methoxy groups -OCH3 is 1. The molecule has 2 aromatic heterocycles. The average molecular weight is 466 g/mol. The molecule has 3 aromatic carbocycles. The van der Waals surface area contributed by atoms with E-state index in [1.165, 1.54) is 5.56 Å². The SMILES string of the molecule is COc1ccc(CCn2c(N)c(C(=O)NCc3ccc(C)cc3)c3nc4ccccc4nc32)cc1. The second kappa shape index (κ2) is 9.46. The van der Waals surface area contributed by atoms with Crippen molar-refractivity contribution in [3.05, 3.63) is 95.1 Å². The van der Waals surface area contributed by atoms with Crippen molar-refractivity contribution in [2.45, 2.75) is 26.4 Å². The zero-order valence-electron chi connectivity index (χ0n) is 19.8. The fourth-order valence-corrected chi connectivity index (χ4v) is 4.18. The summed E-state index contributed by atoms with van der Waals surface area (Å²) in [5.41, 5.74) is 12.9. The first-order valence-corrected chi connectivity index (χ1v) is 11.5. The highest BCUT2D eigenvalue weighted by atomic mass is 16.5. The largest absolute Gasteiger partial charge is 0.497 e. The van der Waals surface area contributed by atoms with Crippen LogP contribution in [0.5, 0.6) is 5.75 Å². The smallest absolute Gasteiger partial charge is 0.257 e. The monoisotopic (exact) mass is 465 g/mol. The van der Waals surface area contributed by atoms with Gasteiger partial charge in [0.15, 0.2) is 5.65 Å². The molecule has 5 aromatic rings. The van der Waals surface area contributed by atoms with Gasteiger partial charge in [-0.15, -0.1) is 0 Å². The number of fused-ring (bicyclic) bond motifs is 2. The van der Waals surface area contributed by atoms with Gasteiger partial charge < -0.3 is 20.4 Å². The van der Waals surface area contributed by atoms with Gasteiger partial charge in [0.1, 0.15) is 22.6 Å². The summed E-state index contributed by atoms with van der Waals surface area (Å²) in [7, 11) is 1.65. The molecular weight excluding hydrogens is 438 g/mol. The lowest BCUT2D eigenvalue weighted by Gasteiger charge is -2.09. The van der Waals surface area contributed by atoms with Gasteiger partial charge in [-0.1, -0.05) is 54.1 Å². The Balaban J connectivity index is 1.50. The third-order valence-corrected chi connectivity index (χ3v) is 6.18. The molecule has 0 radical (unpaired) electrons. The number of amides is 1. The van der Waals surface area contributed by atoms with Crippen molar-refractivity contribution in [2.24, 2.45) is 0 Å². The van der Waals surface area contributed by atoms with Crippen molar-refractivity contribution in [3.8, 4) is 5.75 Å². The van der Waals surface area contributed by atoms with Crippen LogP contribution < -0.4 is 15.8 Å². The molecule has 1 amide bonds. The van der Waals surface area contributed by atoms with Crippen LogP contribution in [-0.2, 0) is 19.5 Å². The van der Waals surface area contributed by atoms with Crippen LogP contribution in [0.3, 0.4) is 0 Å². The maximum Gasteiger partial charge on any atom is 0.257 e. The minimum atomic E-state index is -0.263. The zero-order valence-corrected chi connectivity index (χ0v) is 19.8. The maximum absolute atomic E-state index is 13.3. The number of aryl methyl sites for hydroxylation is 3. The molecule has 0 aliphatic rings. The number of hydrogen-bond acceptors (Lipinski definition) is 5. The summed E-state index contributed by atoms with van der Waals surface area (Å²) in [6.45, 7) is 3.00. The normalized spacial score (nSPS) is 11.1. The summed E-state index contributed by atoms with van der Waals surface area (Å²) in [5, 5.41) is 3.00. The molecule has 0 aliphatic carbocycles. The average Bonchev–Trinajstić information content (AvgIpc) is 3.15. The van der Waals surface area contributed by atoms with Gasteiger partial charge in [-0.2, -0.15) is 0 Å². The van der Waals surface area contributed by atoms with Gasteiger partial charge in [-0.05, 0) is 48.7 Å². The number of nitrogens with two attached hydrogens (primary N) is 1. The predicted molar refractivity (Wildman–Crippen MR) is 138 cm³/mol. The molecule has 0 unspecified atom stereocenters. The van der Waals surface area contributed by atoms with E-state index >= 15 is 0 Å². The third kappa shape index (κ3) is 4.53. The molecule has 176 valence electrons. The van der Waals surface area contributed by atoms with Gasteiger partial charge >= 0.3 is 0 Å². The van der Waals surface area contributed by atoms with Crippen molar-refractivity contribution in [1.82, 2.24) is 19.9 Å². The number of nitrogen functional groups attached to an aromatic ring is 1. The zero-order chi connectivity index (χ0) is 24.4. The first-order chi connectivity index (χ1) is 17.0. The van der Waals surface area contributed by atoms with Gasteiger partial charge in [0.2, 0.25) is 0 Å². The van der Waals surface area contributed by atoms with Crippen molar-refractivity contribution in [1.29, 1.82) is 0 Å². The standard InChI is InChI=1S/C28H27N5O2/c1-18-7-9-20(10-8-18)17-30-28(34)24-25-27(32-23-6-4-3-5-22(23)31-25)33(26(24)29)16-15-19-11-13-21(35-2)14-12-19/h3-14H,15-17,29H2,1-2H3,(H,30,34). The van der Waals surface area contributed by atoms with Gasteiger partial charge in [0, 0.05) is 13.1 Å². The van der Waals surface area contributed by atoms with Crippen molar-refractivity contribution in [3.63, 3.8) is 0 Å². The molecule has 0 bridgehead atoms. The third-order valence-electron chi connectivity index (χ3n) is 6.18. The Labute approximate surface area is 203 Å². The Morgan fingerprint density at radius 3 is 2.29 bits per heavy atom. The van der Waals surface area contributed by atoms with Gasteiger partial charge in [0.25, 0.3) is 5.91 Å². The minimum Gasteiger partial charge on any atom is -0.497 e. The van der Waals surface area contributed by atoms with E-state index in [2.05, 4.69) is 5.32 Å². The summed E-state index contributed by atoms with van der Waals surface area (Å²) < 4.78 is 7.14. The molecule has 0 atom stereocenters. The van der Waals surface area contributed by atoms with Gasteiger partial charge in [0.05, 0.1) is 18.1 Å². The van der Waals surface area contributed by atoms with E-state index in [0.29, 0.717) is 35.6 Å². The summed E-state index contributed by atoms with van der Waals surface area (Å²) in [5.74, 6) is 0.913. The second-order valence-electron chi connectivity index (χ2n) is 8.56. The van der Waals surface area contributed by atoms with E-state index in [0.717, 1.165) is 34.3 Å². The fraction of sp³-hybridized carbons (Fsp3) is 0.179. The van der Waals surface area contributed by atoms with Crippen molar-refractivity contribution in [2.75, 3.05) is 12.8 Å². The highest BCUT2D eigenvalue weighted by molar-refractivity contribution is 6.10. The van der Waals surface area contributed by atoms with Crippen LogP contribution in [0, 0.1) is 6.92 Å². The van der Waals surface area contributed by atoms with Gasteiger partial charge in [-0.3, -0.25) is 4.79 Å². The number of carbonyl (C=O) groups is 1. The highest BCUT2D eigenvalue weighted by Gasteiger charge is 2.23. The molecule has 35 heavy (non-hydrogen) atoms. The molecule has 0 fully saturated rings. The molecular formula is C28H27N5O2. The number of para-hydroxylation sites is 2. The first kappa shape index (κ1) is 22.4. The van der Waals surface area contributed by atoms with Crippen LogP contribution in [0.15, 0.2) is 72.8 Å². The molecule has 7 heteroatoms. The predicted octanol–water partition coefficient (Wildman–Crippen LogP) is 4.66. The van der Waals surface area contributed by atoms with Crippen LogP contribution in [0.4, 0.5) is 5.82 Å². The molecule has 2 heterocycles. The van der Waals surface area contributed by atoms with E-state index in [1.807, 2.05) is 84.3 Å². The number of hydrogen-bond donors (Lipinski definition) is 2. The summed E-state index contributed by atoms with van der Waals surface area (Å²) in [6, 6.07) is 23.6. The topological polar surface area (TPSA) is 95.1 Å². The number of anilines is 1. The Morgan fingerprint density at radius 2 is 1.60 bits per heavy atom. The van der Waals surface area contributed by atoms with E-state index in [9.17, 15) is 4.79 Å². The lowest BCUT2D eigenvalue weighted by atomic mass is 10.1. The number of benzene rings is 3. The Hall–Kier alpha value is -4.39. The summed E-state index contributed by atoms with van der Waals surface area (Å²) in [4.78, 5) is 22.9. The van der Waals surface area contributed by atoms with Crippen LogP contribution >= 0.6 is 0 Å². The van der Waals surface area contributed by atoms with Gasteiger partial charge in [-0.25, -0.2) is 9.97 Å². The number of rotatable bonds is 7. The van der Waals surface area contributed by atoms with Crippen LogP contribution in [-0.4, -0.2) is 27.6 Å². The number of ether oxygens (including phenoxy) is 1. The second-order valence-corrected chi connectivity index (χ2v) is 8.56. The Morgan fingerprint density at radius 1 is 0.943 bits per heavy atom. The maximum atomic E-state index is 13.3. The van der Waals surface area contributed by atoms with Crippen molar-refractivity contribution >= 4 is 33.9 Å². The Kier molecular flexibility index (Phi) is 6.06. The van der Waals surface area contributed by atoms with Crippen LogP contribution in [0.2, 0.25) is 0 Å². The molecule has 0 spiro atoms. The first-order valence-electron chi connectivity index (χ1n) is 11.5. The number of nitrogens with one attached hydrogen (secondary N) is 1. The molecule has 3 N–H and O–H groups in total. The molecule has 5 rings (SSSR count). The van der Waals surface area contributed by atoms with E-state index in [4.69, 9.17) is 20.4 Å². The van der Waals surface area contributed by atoms with Crippen LogP contribution in [0.25, 0.3) is 22.2 Å².